The van der Waals surface area contributed by atoms with Crippen LogP contribution in [-0.2, 0) is 10.0 Å². The first-order valence-corrected chi connectivity index (χ1v) is 7.64. The summed E-state index contributed by atoms with van der Waals surface area (Å²) in [5, 5.41) is 7.57. The zero-order chi connectivity index (χ0) is 14.5. The Morgan fingerprint density at radius 1 is 1.32 bits per heavy atom. The van der Waals surface area contributed by atoms with Crippen LogP contribution in [-0.4, -0.2) is 15.0 Å². The van der Waals surface area contributed by atoms with Crippen molar-refractivity contribution in [2.75, 3.05) is 6.54 Å². The average molecular weight is 325 g/mol. The number of nitriles is 1. The van der Waals surface area contributed by atoms with Crippen LogP contribution in [0.15, 0.2) is 17.0 Å². The van der Waals surface area contributed by atoms with Gasteiger partial charge in [-0.2, -0.15) is 5.26 Å². The van der Waals surface area contributed by atoms with Gasteiger partial charge in [0.15, 0.2) is 5.82 Å². The van der Waals surface area contributed by atoms with Crippen LogP contribution in [0.1, 0.15) is 19.3 Å². The first kappa shape index (κ1) is 16.2. The van der Waals surface area contributed by atoms with Crippen LogP contribution in [0, 0.1) is 17.1 Å². The van der Waals surface area contributed by atoms with Crippen LogP contribution in [0.25, 0.3) is 0 Å². The summed E-state index contributed by atoms with van der Waals surface area (Å²) in [6.45, 7) is 0.157. The fourth-order valence-corrected chi connectivity index (χ4v) is 3.15. The van der Waals surface area contributed by atoms with E-state index in [1.807, 2.05) is 6.07 Å². The van der Waals surface area contributed by atoms with Gasteiger partial charge in [0.1, 0.15) is 4.90 Å². The molecule has 1 N–H and O–H groups in total. The number of nitrogens with zero attached hydrogens (tertiary/aromatic N) is 1. The molecule has 0 aliphatic rings. The molecule has 0 fully saturated rings. The van der Waals surface area contributed by atoms with Crippen molar-refractivity contribution < 1.29 is 12.8 Å². The lowest BCUT2D eigenvalue weighted by Crippen LogP contribution is -2.25. The van der Waals surface area contributed by atoms with Crippen LogP contribution in [0.5, 0.6) is 0 Å². The third-order valence-corrected chi connectivity index (χ3v) is 4.57. The van der Waals surface area contributed by atoms with Crippen molar-refractivity contribution in [3.63, 3.8) is 0 Å². The third kappa shape index (κ3) is 4.32. The van der Waals surface area contributed by atoms with Crippen molar-refractivity contribution in [1.82, 2.24) is 4.72 Å². The Morgan fingerprint density at radius 2 is 2.00 bits per heavy atom. The first-order chi connectivity index (χ1) is 8.90. The first-order valence-electron chi connectivity index (χ1n) is 5.40. The number of sulfonamides is 1. The van der Waals surface area contributed by atoms with Gasteiger partial charge in [-0.3, -0.25) is 0 Å². The quantitative estimate of drug-likeness (QED) is 0.645. The Balaban J connectivity index is 2.79. The highest BCUT2D eigenvalue weighted by atomic mass is 35.5. The van der Waals surface area contributed by atoms with Gasteiger partial charge in [-0.05, 0) is 25.0 Å². The lowest BCUT2D eigenvalue weighted by molar-refractivity contribution is 0.574. The fourth-order valence-electron chi connectivity index (χ4n) is 1.33. The van der Waals surface area contributed by atoms with Gasteiger partial charge in [-0.1, -0.05) is 23.2 Å². The van der Waals surface area contributed by atoms with E-state index in [-0.39, 0.29) is 16.5 Å². The topological polar surface area (TPSA) is 70.0 Å². The Labute approximate surface area is 121 Å². The minimum Gasteiger partial charge on any atom is -0.211 e. The van der Waals surface area contributed by atoms with Crippen molar-refractivity contribution in [1.29, 1.82) is 5.26 Å². The molecule has 0 bridgehead atoms. The minimum atomic E-state index is -3.88. The van der Waals surface area contributed by atoms with E-state index in [1.54, 1.807) is 0 Å². The molecule has 0 radical (unpaired) electrons. The molecule has 0 heterocycles. The molecule has 8 heteroatoms. The number of unbranched alkanes of at least 4 members (excludes halogenated alkanes) is 2. The average Bonchev–Trinajstić information content (AvgIpc) is 2.35. The molecular formula is C11H11Cl2FN2O2S. The molecular weight excluding hydrogens is 314 g/mol. The molecule has 1 rings (SSSR count). The highest BCUT2D eigenvalue weighted by Crippen LogP contribution is 2.29. The largest absolute Gasteiger partial charge is 0.242 e. The summed E-state index contributed by atoms with van der Waals surface area (Å²) >= 11 is 11.1. The zero-order valence-electron chi connectivity index (χ0n) is 9.79. The van der Waals surface area contributed by atoms with E-state index >= 15 is 0 Å². The lowest BCUT2D eigenvalue weighted by atomic mass is 10.2. The maximum Gasteiger partial charge on any atom is 0.242 e. The summed E-state index contributed by atoms with van der Waals surface area (Å²) in [7, 11) is -3.88. The van der Waals surface area contributed by atoms with E-state index in [2.05, 4.69) is 4.72 Å². The predicted molar refractivity (Wildman–Crippen MR) is 71.1 cm³/mol. The fraction of sp³-hybridized carbons (Fsp3) is 0.364. The maximum absolute atomic E-state index is 13.4. The standard InChI is InChI=1S/C11H11Cl2FN2O2S/c12-8-4-5-9(10(13)11(8)14)19(17,18)16-7-3-1-2-6-15/h4-5,16H,1-3,7H2. The van der Waals surface area contributed by atoms with Crippen molar-refractivity contribution in [3.05, 3.63) is 28.0 Å². The number of benzene rings is 1. The van der Waals surface area contributed by atoms with E-state index in [4.69, 9.17) is 28.5 Å². The zero-order valence-corrected chi connectivity index (χ0v) is 12.1. The second-order valence-electron chi connectivity index (χ2n) is 3.69. The Morgan fingerprint density at radius 3 is 2.63 bits per heavy atom. The number of nitrogens with one attached hydrogen (secondary N) is 1. The highest BCUT2D eigenvalue weighted by Gasteiger charge is 2.21. The van der Waals surface area contributed by atoms with Gasteiger partial charge >= 0.3 is 0 Å². The Hall–Kier alpha value is -0.870. The second-order valence-corrected chi connectivity index (χ2v) is 6.21. The molecule has 104 valence electrons. The van der Waals surface area contributed by atoms with Gasteiger partial charge in [0, 0.05) is 13.0 Å². The SMILES string of the molecule is N#CCCCCNS(=O)(=O)c1ccc(Cl)c(F)c1Cl. The van der Waals surface area contributed by atoms with Crippen molar-refractivity contribution >= 4 is 33.2 Å². The van der Waals surface area contributed by atoms with Crippen LogP contribution in [0.4, 0.5) is 4.39 Å². The minimum absolute atomic E-state index is 0.157. The molecule has 0 amide bonds. The maximum atomic E-state index is 13.4. The van der Waals surface area contributed by atoms with Gasteiger partial charge in [0.05, 0.1) is 16.1 Å². The van der Waals surface area contributed by atoms with Crippen LogP contribution in [0.2, 0.25) is 10.0 Å². The lowest BCUT2D eigenvalue weighted by Gasteiger charge is -2.09. The van der Waals surface area contributed by atoms with E-state index in [0.717, 1.165) is 12.1 Å². The Kier molecular flexibility index (Phi) is 6.01. The van der Waals surface area contributed by atoms with Gasteiger partial charge < -0.3 is 0 Å². The molecule has 0 unspecified atom stereocenters. The summed E-state index contributed by atoms with van der Waals surface area (Å²) in [6.07, 6.45) is 1.46. The van der Waals surface area contributed by atoms with Crippen LogP contribution < -0.4 is 4.72 Å². The molecule has 0 saturated carbocycles. The van der Waals surface area contributed by atoms with Crippen molar-refractivity contribution in [2.24, 2.45) is 0 Å². The summed E-state index contributed by atoms with van der Waals surface area (Å²) in [5.74, 6) is -0.962. The van der Waals surface area contributed by atoms with Gasteiger partial charge in [0.2, 0.25) is 10.0 Å². The van der Waals surface area contributed by atoms with Crippen LogP contribution in [0.3, 0.4) is 0 Å². The molecule has 1 aromatic rings. The van der Waals surface area contributed by atoms with E-state index in [0.29, 0.717) is 19.3 Å². The van der Waals surface area contributed by atoms with Gasteiger partial charge in [-0.15, -0.1) is 0 Å². The molecule has 1 aromatic carbocycles. The molecule has 0 saturated heterocycles. The summed E-state index contributed by atoms with van der Waals surface area (Å²) in [5.41, 5.74) is 0. The molecule has 0 aliphatic heterocycles. The van der Waals surface area contributed by atoms with E-state index in [1.165, 1.54) is 0 Å². The molecule has 0 atom stereocenters. The smallest absolute Gasteiger partial charge is 0.211 e. The molecule has 0 aliphatic carbocycles. The third-order valence-electron chi connectivity index (χ3n) is 2.30. The second kappa shape index (κ2) is 7.06. The molecule has 0 aromatic heterocycles. The number of hydrogen-bond donors (Lipinski definition) is 1. The molecule has 0 spiro atoms. The monoisotopic (exact) mass is 324 g/mol. The Bertz CT molecular complexity index is 599. The van der Waals surface area contributed by atoms with E-state index < -0.39 is 20.9 Å². The molecule has 19 heavy (non-hydrogen) atoms. The molecule has 4 nitrogen and oxygen atoms in total. The number of halogens is 3. The van der Waals surface area contributed by atoms with Crippen molar-refractivity contribution in [2.45, 2.75) is 24.2 Å². The van der Waals surface area contributed by atoms with Crippen LogP contribution >= 0.6 is 23.2 Å². The highest BCUT2D eigenvalue weighted by molar-refractivity contribution is 7.89. The number of rotatable bonds is 6. The summed E-state index contributed by atoms with van der Waals surface area (Å²) in [6, 6.07) is 4.23. The normalized spacial score (nSPS) is 11.3. The van der Waals surface area contributed by atoms with E-state index in [9.17, 15) is 12.8 Å². The van der Waals surface area contributed by atoms with Gasteiger partial charge in [0.25, 0.3) is 0 Å². The summed E-state index contributed by atoms with van der Waals surface area (Å²) < 4.78 is 39.5. The number of hydrogen-bond acceptors (Lipinski definition) is 3. The van der Waals surface area contributed by atoms with Crippen molar-refractivity contribution in [3.8, 4) is 6.07 Å². The van der Waals surface area contributed by atoms with Gasteiger partial charge in [-0.25, -0.2) is 17.5 Å². The summed E-state index contributed by atoms with van der Waals surface area (Å²) in [4.78, 5) is -0.351. The predicted octanol–water partition coefficient (Wildman–Crippen LogP) is 3.10.